The Labute approximate surface area is 142 Å². The van der Waals surface area contributed by atoms with Gasteiger partial charge in [-0.25, -0.2) is 4.79 Å². The second-order valence-corrected chi connectivity index (χ2v) is 7.61. The van der Waals surface area contributed by atoms with Crippen molar-refractivity contribution in [3.05, 3.63) is 25.3 Å². The lowest BCUT2D eigenvalue weighted by molar-refractivity contribution is -0.193. The first-order valence-corrected chi connectivity index (χ1v) is 9.59. The molecule has 1 heterocycles. The van der Waals surface area contributed by atoms with Gasteiger partial charge in [-0.1, -0.05) is 25.7 Å². The van der Waals surface area contributed by atoms with Gasteiger partial charge >= 0.3 is 5.69 Å². The SMILES string of the molecule is Nc1c(Br)c(=O)[nH]c(=O)n1CCCCCCCCP(=O)([O-])O.[NH4+]. The Morgan fingerprint density at radius 3 is 2.26 bits per heavy atom. The van der Waals surface area contributed by atoms with Crippen molar-refractivity contribution < 1.29 is 14.4 Å². The van der Waals surface area contributed by atoms with Crippen molar-refractivity contribution >= 4 is 29.3 Å². The molecule has 0 amide bonds. The van der Waals surface area contributed by atoms with Crippen molar-refractivity contribution in [2.45, 2.75) is 45.1 Å². The molecule has 134 valence electrons. The fourth-order valence-electron chi connectivity index (χ4n) is 2.07. The van der Waals surface area contributed by atoms with Gasteiger partial charge in [-0.15, -0.1) is 0 Å². The number of nitrogens with one attached hydrogen (secondary N) is 1. The molecule has 1 aromatic rings. The van der Waals surface area contributed by atoms with Crippen molar-refractivity contribution in [2.75, 3.05) is 11.9 Å². The van der Waals surface area contributed by atoms with Crippen LogP contribution in [0.4, 0.5) is 5.82 Å². The van der Waals surface area contributed by atoms with Crippen LogP contribution in [0, 0.1) is 0 Å². The van der Waals surface area contributed by atoms with E-state index in [1.165, 1.54) is 4.57 Å². The van der Waals surface area contributed by atoms with E-state index in [1.807, 2.05) is 0 Å². The first kappa shape index (κ1) is 22.1. The van der Waals surface area contributed by atoms with Crippen LogP contribution >= 0.6 is 23.5 Å². The van der Waals surface area contributed by atoms with Crippen LogP contribution in [0.3, 0.4) is 0 Å². The van der Waals surface area contributed by atoms with Gasteiger partial charge in [-0.05, 0) is 28.8 Å². The van der Waals surface area contributed by atoms with Gasteiger partial charge in [-0.3, -0.25) is 14.3 Å². The summed E-state index contributed by atoms with van der Waals surface area (Å²) in [7, 11) is -4.12. The fraction of sp³-hybridized carbons (Fsp3) is 0.667. The van der Waals surface area contributed by atoms with Crippen molar-refractivity contribution in [3.63, 3.8) is 0 Å². The quantitative estimate of drug-likeness (QED) is 0.347. The van der Waals surface area contributed by atoms with Gasteiger partial charge in [0.2, 0.25) is 0 Å². The molecule has 0 saturated carbocycles. The second kappa shape index (κ2) is 10.0. The Morgan fingerprint density at radius 2 is 1.70 bits per heavy atom. The molecule has 11 heteroatoms. The Kier molecular flexibility index (Phi) is 9.64. The molecule has 0 saturated heterocycles. The highest BCUT2D eigenvalue weighted by Crippen LogP contribution is 2.30. The average Bonchev–Trinajstić information content (AvgIpc) is 2.41. The molecule has 0 aliphatic heterocycles. The zero-order valence-electron chi connectivity index (χ0n) is 13.1. The molecule has 1 atom stereocenters. The van der Waals surface area contributed by atoms with Crippen LogP contribution in [0.25, 0.3) is 0 Å². The first-order valence-electron chi connectivity index (χ1n) is 7.03. The van der Waals surface area contributed by atoms with Gasteiger partial charge in [0.05, 0.1) is 0 Å². The predicted octanol–water partition coefficient (Wildman–Crippen LogP) is 1.14. The minimum absolute atomic E-state index is 0. The molecular formula is C12H24BrN4O5P. The van der Waals surface area contributed by atoms with E-state index in [4.69, 9.17) is 10.6 Å². The molecule has 1 aromatic heterocycles. The van der Waals surface area contributed by atoms with E-state index < -0.39 is 18.8 Å². The van der Waals surface area contributed by atoms with E-state index in [0.717, 1.165) is 32.1 Å². The van der Waals surface area contributed by atoms with Crippen LogP contribution in [0.2, 0.25) is 0 Å². The van der Waals surface area contributed by atoms with Crippen LogP contribution in [0.15, 0.2) is 14.1 Å². The van der Waals surface area contributed by atoms with Gasteiger partial charge in [0.1, 0.15) is 17.9 Å². The van der Waals surface area contributed by atoms with Gasteiger partial charge in [0, 0.05) is 12.7 Å². The summed E-state index contributed by atoms with van der Waals surface area (Å²) in [6, 6.07) is 0. The number of H-pyrrole nitrogens is 1. The third-order valence-corrected chi connectivity index (χ3v) is 4.90. The highest BCUT2D eigenvalue weighted by molar-refractivity contribution is 9.10. The molecule has 0 fully saturated rings. The van der Waals surface area contributed by atoms with Gasteiger partial charge in [0.15, 0.2) is 0 Å². The minimum Gasteiger partial charge on any atom is -0.779 e. The number of aromatic nitrogens is 2. The van der Waals surface area contributed by atoms with Crippen LogP contribution in [0.1, 0.15) is 38.5 Å². The summed E-state index contributed by atoms with van der Waals surface area (Å²) in [4.78, 5) is 44.3. The number of nitrogen functional groups attached to an aromatic ring is 1. The number of aromatic amines is 1. The van der Waals surface area contributed by atoms with Crippen molar-refractivity contribution in [1.82, 2.24) is 15.7 Å². The maximum absolute atomic E-state index is 11.6. The van der Waals surface area contributed by atoms with Gasteiger partial charge in [-0.2, -0.15) is 0 Å². The zero-order chi connectivity index (χ0) is 16.8. The number of halogens is 1. The second-order valence-electron chi connectivity index (χ2n) is 5.09. The first-order chi connectivity index (χ1) is 10.2. The van der Waals surface area contributed by atoms with E-state index in [-0.39, 0.29) is 22.6 Å². The standard InChI is InChI=1S/C12H21BrN3O5P.H3N/c13-9-10(14)16(12(18)15-11(9)17)7-5-3-1-2-4-6-8-22(19,20)21;/h1-8,14H2,(H,15,17,18)(H2,19,20,21);1H3. The molecule has 9 nitrogen and oxygen atoms in total. The minimum atomic E-state index is -4.12. The number of quaternary nitrogens is 1. The van der Waals surface area contributed by atoms with E-state index in [2.05, 4.69) is 20.9 Å². The summed E-state index contributed by atoms with van der Waals surface area (Å²) in [5.41, 5.74) is 4.65. The van der Waals surface area contributed by atoms with Crippen LogP contribution in [-0.2, 0) is 11.1 Å². The summed E-state index contributed by atoms with van der Waals surface area (Å²) >= 11 is 3.03. The molecule has 0 spiro atoms. The van der Waals surface area contributed by atoms with Crippen molar-refractivity contribution in [1.29, 1.82) is 0 Å². The topological polar surface area (TPSA) is 178 Å². The molecule has 1 unspecified atom stereocenters. The Balaban J connectivity index is 0.00000484. The highest BCUT2D eigenvalue weighted by atomic mass is 79.9. The molecule has 0 aliphatic rings. The highest BCUT2D eigenvalue weighted by Gasteiger charge is 2.09. The Bertz CT molecular complexity index is 654. The number of hydrogen-bond acceptors (Lipinski definition) is 5. The number of hydrogen-bond donors (Lipinski definition) is 4. The molecule has 23 heavy (non-hydrogen) atoms. The van der Waals surface area contributed by atoms with Crippen LogP contribution in [0.5, 0.6) is 0 Å². The lowest BCUT2D eigenvalue weighted by atomic mass is 10.1. The summed E-state index contributed by atoms with van der Waals surface area (Å²) in [6.45, 7) is 0.409. The van der Waals surface area contributed by atoms with Crippen LogP contribution < -0.4 is 28.0 Å². The molecule has 0 bridgehead atoms. The maximum atomic E-state index is 11.6. The number of unbranched alkanes of at least 4 members (excludes halogenated alkanes) is 5. The lowest BCUT2D eigenvalue weighted by Crippen LogP contribution is -2.32. The van der Waals surface area contributed by atoms with Gasteiger partial charge < -0.3 is 26.2 Å². The summed E-state index contributed by atoms with van der Waals surface area (Å²) in [6.07, 6.45) is 4.35. The fourth-order valence-corrected chi connectivity index (χ4v) is 3.01. The third-order valence-electron chi connectivity index (χ3n) is 3.25. The molecule has 0 radical (unpaired) electrons. The van der Waals surface area contributed by atoms with Crippen molar-refractivity contribution in [3.8, 4) is 0 Å². The van der Waals surface area contributed by atoms with Crippen molar-refractivity contribution in [2.24, 2.45) is 0 Å². The smallest absolute Gasteiger partial charge is 0.329 e. The lowest BCUT2D eigenvalue weighted by Gasteiger charge is -2.14. The molecular weight excluding hydrogens is 391 g/mol. The average molecular weight is 415 g/mol. The summed E-state index contributed by atoms with van der Waals surface area (Å²) < 4.78 is 12.0. The predicted molar refractivity (Wildman–Crippen MR) is 91.8 cm³/mol. The molecule has 1 rings (SSSR count). The Morgan fingerprint density at radius 1 is 1.17 bits per heavy atom. The zero-order valence-corrected chi connectivity index (χ0v) is 15.6. The number of nitrogens with two attached hydrogens (primary N) is 1. The number of rotatable bonds is 9. The van der Waals surface area contributed by atoms with Gasteiger partial charge in [0.25, 0.3) is 5.56 Å². The number of nitrogens with zero attached hydrogens (tertiary/aromatic N) is 1. The summed E-state index contributed by atoms with van der Waals surface area (Å²) in [5, 5.41) is 0. The largest absolute Gasteiger partial charge is 0.779 e. The maximum Gasteiger partial charge on any atom is 0.329 e. The Hall–Kier alpha value is -0.930. The molecule has 0 aromatic carbocycles. The monoisotopic (exact) mass is 414 g/mol. The van der Waals surface area contributed by atoms with E-state index in [1.54, 1.807) is 0 Å². The summed E-state index contributed by atoms with van der Waals surface area (Å²) in [5.74, 6) is 0.114. The molecule has 0 aliphatic carbocycles. The third kappa shape index (κ3) is 7.94. The van der Waals surface area contributed by atoms with E-state index >= 15 is 0 Å². The normalized spacial score (nSPS) is 13.3. The van der Waals surface area contributed by atoms with Crippen LogP contribution in [-0.4, -0.2) is 20.6 Å². The number of anilines is 1. The molecule has 8 N–H and O–H groups in total. The van der Waals surface area contributed by atoms with E-state index in [0.29, 0.717) is 13.0 Å². The van der Waals surface area contributed by atoms with E-state index in [9.17, 15) is 19.0 Å².